The number of morpholine rings is 1. The fourth-order valence-electron chi connectivity index (χ4n) is 1.99. The van der Waals surface area contributed by atoms with E-state index in [0.717, 1.165) is 5.56 Å². The maximum Gasteiger partial charge on any atom is 0.242 e. The van der Waals surface area contributed by atoms with E-state index in [9.17, 15) is 10.1 Å². The molecule has 1 atom stereocenters. The number of ether oxygens (including phenoxy) is 1. The van der Waals surface area contributed by atoms with Crippen molar-refractivity contribution < 1.29 is 9.53 Å². The predicted molar refractivity (Wildman–Crippen MR) is 64.8 cm³/mol. The average molecular weight is 246 g/mol. The van der Waals surface area contributed by atoms with Crippen molar-refractivity contribution in [2.75, 3.05) is 24.7 Å². The molecule has 2 heterocycles. The molecule has 1 aliphatic heterocycles. The van der Waals surface area contributed by atoms with Gasteiger partial charge in [-0.3, -0.25) is 4.79 Å². The first-order chi connectivity index (χ1) is 8.65. The highest BCUT2D eigenvalue weighted by Gasteiger charge is 2.30. The van der Waals surface area contributed by atoms with Crippen molar-refractivity contribution in [3.05, 3.63) is 23.4 Å². The van der Waals surface area contributed by atoms with Gasteiger partial charge in [-0.15, -0.1) is 0 Å². The summed E-state index contributed by atoms with van der Waals surface area (Å²) in [7, 11) is 0. The quantitative estimate of drug-likeness (QED) is 0.790. The zero-order valence-electron chi connectivity index (χ0n) is 10.1. The van der Waals surface area contributed by atoms with E-state index in [0.29, 0.717) is 24.5 Å². The molecule has 2 N–H and O–H groups in total. The van der Waals surface area contributed by atoms with Gasteiger partial charge in [0.1, 0.15) is 17.9 Å². The normalized spacial score (nSPS) is 19.3. The number of primary amides is 1. The molecule has 1 aromatic rings. The van der Waals surface area contributed by atoms with Crippen LogP contribution in [0.3, 0.4) is 0 Å². The van der Waals surface area contributed by atoms with Crippen LogP contribution in [-0.4, -0.2) is 36.7 Å². The minimum atomic E-state index is -0.569. The number of rotatable bonds is 2. The average Bonchev–Trinajstić information content (AvgIpc) is 2.38. The highest BCUT2D eigenvalue weighted by Crippen LogP contribution is 2.23. The van der Waals surface area contributed by atoms with Gasteiger partial charge in [0.15, 0.2) is 0 Å². The number of carbonyl (C=O) groups is 1. The molecule has 1 saturated heterocycles. The first-order valence-electron chi connectivity index (χ1n) is 5.64. The van der Waals surface area contributed by atoms with Crippen LogP contribution in [0.2, 0.25) is 0 Å². The Bertz CT molecular complexity index is 509. The molecule has 1 amide bonds. The number of pyridine rings is 1. The van der Waals surface area contributed by atoms with Gasteiger partial charge >= 0.3 is 0 Å². The molecule has 2 rings (SSSR count). The highest BCUT2D eigenvalue weighted by molar-refractivity contribution is 5.84. The van der Waals surface area contributed by atoms with Gasteiger partial charge in [-0.1, -0.05) is 0 Å². The second-order valence-electron chi connectivity index (χ2n) is 4.12. The summed E-state index contributed by atoms with van der Waals surface area (Å²) in [5.74, 6) is 0.0338. The van der Waals surface area contributed by atoms with Gasteiger partial charge in [0.05, 0.1) is 18.8 Å². The van der Waals surface area contributed by atoms with Crippen molar-refractivity contribution in [3.8, 4) is 6.07 Å². The summed E-state index contributed by atoms with van der Waals surface area (Å²) in [5.41, 5.74) is 6.66. The maximum absolute atomic E-state index is 11.4. The molecule has 0 radical (unpaired) electrons. The zero-order chi connectivity index (χ0) is 13.1. The van der Waals surface area contributed by atoms with Crippen LogP contribution in [0, 0.1) is 18.3 Å². The lowest BCUT2D eigenvalue weighted by Gasteiger charge is -2.35. The SMILES string of the molecule is Cc1ccnc(N2CCOCC2C(N)=O)c1C#N. The second-order valence-corrected chi connectivity index (χ2v) is 4.12. The number of nitrogens with zero attached hydrogens (tertiary/aromatic N) is 3. The molecule has 0 spiro atoms. The third-order valence-electron chi connectivity index (χ3n) is 2.98. The summed E-state index contributed by atoms with van der Waals surface area (Å²) in [4.78, 5) is 17.4. The van der Waals surface area contributed by atoms with E-state index in [-0.39, 0.29) is 6.61 Å². The fourth-order valence-corrected chi connectivity index (χ4v) is 1.99. The number of aryl methyl sites for hydroxylation is 1. The van der Waals surface area contributed by atoms with Crippen molar-refractivity contribution in [1.29, 1.82) is 5.26 Å². The number of amides is 1. The van der Waals surface area contributed by atoms with Crippen molar-refractivity contribution in [3.63, 3.8) is 0 Å². The smallest absolute Gasteiger partial charge is 0.242 e. The molecule has 1 fully saturated rings. The number of carbonyl (C=O) groups excluding carboxylic acids is 1. The van der Waals surface area contributed by atoms with Crippen LogP contribution < -0.4 is 10.6 Å². The molecular formula is C12H14N4O2. The Hall–Kier alpha value is -2.13. The lowest BCUT2D eigenvalue weighted by molar-refractivity contribution is -0.121. The molecule has 1 aromatic heterocycles. The van der Waals surface area contributed by atoms with Crippen molar-refractivity contribution >= 4 is 11.7 Å². The van der Waals surface area contributed by atoms with Gasteiger partial charge in [0, 0.05) is 12.7 Å². The predicted octanol–water partition coefficient (Wildman–Crippen LogP) is -0.0478. The van der Waals surface area contributed by atoms with Gasteiger partial charge in [-0.05, 0) is 18.6 Å². The minimum absolute atomic E-state index is 0.232. The summed E-state index contributed by atoms with van der Waals surface area (Å²) in [5, 5.41) is 9.19. The number of anilines is 1. The number of aromatic nitrogens is 1. The molecule has 6 heteroatoms. The summed E-state index contributed by atoms with van der Waals surface area (Å²) in [6.45, 7) is 3.06. The Balaban J connectivity index is 2.43. The molecular weight excluding hydrogens is 232 g/mol. The van der Waals surface area contributed by atoms with E-state index >= 15 is 0 Å². The first-order valence-corrected chi connectivity index (χ1v) is 5.64. The van der Waals surface area contributed by atoms with Gasteiger partial charge in [0.25, 0.3) is 0 Å². The van der Waals surface area contributed by atoms with Gasteiger partial charge < -0.3 is 15.4 Å². The first kappa shape index (κ1) is 12.3. The fraction of sp³-hybridized carbons (Fsp3) is 0.417. The Morgan fingerprint density at radius 1 is 1.72 bits per heavy atom. The maximum atomic E-state index is 11.4. The summed E-state index contributed by atoms with van der Waals surface area (Å²) < 4.78 is 5.25. The summed E-state index contributed by atoms with van der Waals surface area (Å²) >= 11 is 0. The molecule has 6 nitrogen and oxygen atoms in total. The van der Waals surface area contributed by atoms with E-state index in [1.807, 2.05) is 6.92 Å². The molecule has 0 saturated carbocycles. The molecule has 0 bridgehead atoms. The van der Waals surface area contributed by atoms with Crippen LogP contribution in [0.15, 0.2) is 12.3 Å². The minimum Gasteiger partial charge on any atom is -0.377 e. The second kappa shape index (κ2) is 5.02. The standard InChI is InChI=1S/C12H14N4O2/c1-8-2-3-15-12(9(8)6-13)16-4-5-18-7-10(16)11(14)17/h2-3,10H,4-5,7H2,1H3,(H2,14,17). The lowest BCUT2D eigenvalue weighted by Crippen LogP contribution is -2.53. The van der Waals surface area contributed by atoms with Crippen LogP contribution in [0.25, 0.3) is 0 Å². The molecule has 1 unspecified atom stereocenters. The molecule has 0 aliphatic carbocycles. The Labute approximate surface area is 105 Å². The summed E-state index contributed by atoms with van der Waals surface area (Å²) in [6.07, 6.45) is 1.62. The summed E-state index contributed by atoms with van der Waals surface area (Å²) in [6, 6.07) is 3.32. The van der Waals surface area contributed by atoms with Crippen LogP contribution in [0.1, 0.15) is 11.1 Å². The Morgan fingerprint density at radius 3 is 3.17 bits per heavy atom. The highest BCUT2D eigenvalue weighted by atomic mass is 16.5. The molecule has 94 valence electrons. The molecule has 0 aromatic carbocycles. The van der Waals surface area contributed by atoms with E-state index in [4.69, 9.17) is 10.5 Å². The van der Waals surface area contributed by atoms with Gasteiger partial charge in [-0.25, -0.2) is 4.98 Å². The van der Waals surface area contributed by atoms with Crippen molar-refractivity contribution in [2.24, 2.45) is 5.73 Å². The molecule has 1 aliphatic rings. The van der Waals surface area contributed by atoms with E-state index in [1.54, 1.807) is 17.2 Å². The number of nitrogens with two attached hydrogens (primary N) is 1. The van der Waals surface area contributed by atoms with E-state index in [1.165, 1.54) is 0 Å². The van der Waals surface area contributed by atoms with Crippen LogP contribution in [0.5, 0.6) is 0 Å². The topological polar surface area (TPSA) is 92.2 Å². The monoisotopic (exact) mass is 246 g/mol. The largest absolute Gasteiger partial charge is 0.377 e. The number of hydrogen-bond acceptors (Lipinski definition) is 5. The Kier molecular flexibility index (Phi) is 3.44. The van der Waals surface area contributed by atoms with Crippen LogP contribution in [0.4, 0.5) is 5.82 Å². The number of nitriles is 1. The third-order valence-corrected chi connectivity index (χ3v) is 2.98. The number of hydrogen-bond donors (Lipinski definition) is 1. The molecule has 18 heavy (non-hydrogen) atoms. The van der Waals surface area contributed by atoms with Gasteiger partial charge in [-0.2, -0.15) is 5.26 Å². The Morgan fingerprint density at radius 2 is 2.50 bits per heavy atom. The third kappa shape index (κ3) is 2.13. The lowest BCUT2D eigenvalue weighted by atomic mass is 10.1. The van der Waals surface area contributed by atoms with Crippen molar-refractivity contribution in [2.45, 2.75) is 13.0 Å². The van der Waals surface area contributed by atoms with Crippen molar-refractivity contribution in [1.82, 2.24) is 4.98 Å². The van der Waals surface area contributed by atoms with Gasteiger partial charge in [0.2, 0.25) is 5.91 Å². The van der Waals surface area contributed by atoms with E-state index < -0.39 is 11.9 Å². The van der Waals surface area contributed by atoms with Crippen LogP contribution >= 0.6 is 0 Å². The zero-order valence-corrected chi connectivity index (χ0v) is 10.1. The van der Waals surface area contributed by atoms with E-state index in [2.05, 4.69) is 11.1 Å². The van der Waals surface area contributed by atoms with Crippen LogP contribution in [-0.2, 0) is 9.53 Å².